The van der Waals surface area contributed by atoms with Crippen LogP contribution in [-0.4, -0.2) is 39.0 Å². The van der Waals surface area contributed by atoms with Crippen LogP contribution in [0.25, 0.3) is 0 Å². The molecule has 2 aromatic heterocycles. The van der Waals surface area contributed by atoms with E-state index in [9.17, 15) is 4.79 Å². The minimum absolute atomic E-state index is 0.178. The number of carbonyl (C=O) groups is 1. The quantitative estimate of drug-likeness (QED) is 0.810. The second-order valence-corrected chi connectivity index (χ2v) is 5.48. The lowest BCUT2D eigenvalue weighted by Gasteiger charge is -2.08. The lowest BCUT2D eigenvalue weighted by Crippen LogP contribution is -2.27. The highest BCUT2D eigenvalue weighted by Gasteiger charge is 2.14. The lowest BCUT2D eigenvalue weighted by atomic mass is 10.2. The molecule has 0 fully saturated rings. The first kappa shape index (κ1) is 14.6. The van der Waals surface area contributed by atoms with Crippen LogP contribution in [0.5, 0.6) is 0 Å². The van der Waals surface area contributed by atoms with Crippen LogP contribution in [0.15, 0.2) is 11.6 Å². The van der Waals surface area contributed by atoms with E-state index in [0.29, 0.717) is 25.3 Å². The van der Waals surface area contributed by atoms with Crippen molar-refractivity contribution in [1.82, 2.24) is 25.3 Å². The summed E-state index contributed by atoms with van der Waals surface area (Å²) in [6, 6.07) is 0. The topological polar surface area (TPSA) is 98.7 Å². The Labute approximate surface area is 121 Å². The molecule has 1 unspecified atom stereocenters. The number of aromatic nitrogens is 4. The molecule has 7 nitrogen and oxygen atoms in total. The number of rotatable bonds is 6. The standard InChI is InChI=1S/C12H18N6OS/c1-8(12-15-9(2)7-20-12)5-14-11(19)10-6-18(4-3-13)17-16-10/h6-8H,3-5,13H2,1-2H3,(H,14,19). The van der Waals surface area contributed by atoms with Crippen molar-refractivity contribution in [2.45, 2.75) is 26.3 Å². The highest BCUT2D eigenvalue weighted by Crippen LogP contribution is 2.18. The highest BCUT2D eigenvalue weighted by atomic mass is 32.1. The molecular weight excluding hydrogens is 276 g/mol. The molecule has 0 bridgehead atoms. The van der Waals surface area contributed by atoms with Crippen molar-refractivity contribution < 1.29 is 4.79 Å². The zero-order valence-electron chi connectivity index (χ0n) is 11.5. The smallest absolute Gasteiger partial charge is 0.273 e. The second-order valence-electron chi connectivity index (χ2n) is 4.59. The molecule has 1 amide bonds. The Bertz CT molecular complexity index is 578. The molecule has 2 heterocycles. The molecule has 108 valence electrons. The summed E-state index contributed by atoms with van der Waals surface area (Å²) in [4.78, 5) is 16.3. The van der Waals surface area contributed by atoms with Crippen molar-refractivity contribution in [2.75, 3.05) is 13.1 Å². The van der Waals surface area contributed by atoms with Crippen molar-refractivity contribution in [3.05, 3.63) is 28.0 Å². The van der Waals surface area contributed by atoms with Gasteiger partial charge in [-0.25, -0.2) is 4.98 Å². The molecule has 2 rings (SSSR count). The summed E-state index contributed by atoms with van der Waals surface area (Å²) in [5.41, 5.74) is 6.73. The van der Waals surface area contributed by atoms with E-state index in [1.165, 1.54) is 0 Å². The van der Waals surface area contributed by atoms with Gasteiger partial charge < -0.3 is 11.1 Å². The predicted molar refractivity (Wildman–Crippen MR) is 76.7 cm³/mol. The fraction of sp³-hybridized carbons (Fsp3) is 0.500. The molecule has 1 atom stereocenters. The number of nitrogens with zero attached hydrogens (tertiary/aromatic N) is 4. The van der Waals surface area contributed by atoms with Crippen LogP contribution in [0.3, 0.4) is 0 Å². The zero-order chi connectivity index (χ0) is 14.5. The largest absolute Gasteiger partial charge is 0.350 e. The first-order valence-electron chi connectivity index (χ1n) is 6.40. The number of carbonyl (C=O) groups excluding carboxylic acids is 1. The third-order valence-corrected chi connectivity index (χ3v) is 3.95. The normalized spacial score (nSPS) is 12.3. The van der Waals surface area contributed by atoms with Gasteiger partial charge in [0.15, 0.2) is 5.69 Å². The fourth-order valence-corrected chi connectivity index (χ4v) is 2.52. The monoisotopic (exact) mass is 294 g/mol. The van der Waals surface area contributed by atoms with Gasteiger partial charge in [-0.05, 0) is 6.92 Å². The molecule has 0 aliphatic heterocycles. The molecule has 0 spiro atoms. The maximum atomic E-state index is 11.9. The highest BCUT2D eigenvalue weighted by molar-refractivity contribution is 7.09. The maximum absolute atomic E-state index is 11.9. The molecule has 0 saturated heterocycles. The van der Waals surface area contributed by atoms with Gasteiger partial charge in [-0.1, -0.05) is 12.1 Å². The summed E-state index contributed by atoms with van der Waals surface area (Å²) in [6.07, 6.45) is 1.60. The van der Waals surface area contributed by atoms with Crippen LogP contribution in [-0.2, 0) is 6.54 Å². The number of hydrogen-bond donors (Lipinski definition) is 2. The van der Waals surface area contributed by atoms with Gasteiger partial charge in [-0.2, -0.15) is 0 Å². The van der Waals surface area contributed by atoms with Crippen molar-refractivity contribution in [3.63, 3.8) is 0 Å². The van der Waals surface area contributed by atoms with E-state index in [1.54, 1.807) is 22.2 Å². The Morgan fingerprint density at radius 2 is 2.40 bits per heavy atom. The molecule has 8 heteroatoms. The Morgan fingerprint density at radius 3 is 3.05 bits per heavy atom. The minimum Gasteiger partial charge on any atom is -0.350 e. The maximum Gasteiger partial charge on any atom is 0.273 e. The first-order valence-corrected chi connectivity index (χ1v) is 7.28. The minimum atomic E-state index is -0.228. The number of thiazole rings is 1. The van der Waals surface area contributed by atoms with E-state index < -0.39 is 0 Å². The summed E-state index contributed by atoms with van der Waals surface area (Å²) in [7, 11) is 0. The van der Waals surface area contributed by atoms with Crippen LogP contribution in [0.4, 0.5) is 0 Å². The van der Waals surface area contributed by atoms with E-state index in [2.05, 4.69) is 20.6 Å². The summed E-state index contributed by atoms with van der Waals surface area (Å²) in [6.45, 7) is 5.53. The van der Waals surface area contributed by atoms with E-state index >= 15 is 0 Å². The van der Waals surface area contributed by atoms with Gasteiger partial charge >= 0.3 is 0 Å². The number of nitrogens with two attached hydrogens (primary N) is 1. The Morgan fingerprint density at radius 1 is 1.60 bits per heavy atom. The number of hydrogen-bond acceptors (Lipinski definition) is 6. The molecule has 3 N–H and O–H groups in total. The Kier molecular flexibility index (Phi) is 4.80. The van der Waals surface area contributed by atoms with Crippen molar-refractivity contribution in [3.8, 4) is 0 Å². The third kappa shape index (κ3) is 3.61. The average molecular weight is 294 g/mol. The van der Waals surface area contributed by atoms with Gasteiger partial charge in [0.05, 0.1) is 17.7 Å². The molecule has 0 aromatic carbocycles. The zero-order valence-corrected chi connectivity index (χ0v) is 12.4. The molecular formula is C12H18N6OS. The van der Waals surface area contributed by atoms with Crippen LogP contribution in [0, 0.1) is 6.92 Å². The van der Waals surface area contributed by atoms with Crippen LogP contribution in [0.2, 0.25) is 0 Å². The van der Waals surface area contributed by atoms with Crippen molar-refractivity contribution in [2.24, 2.45) is 5.73 Å². The molecule has 0 aliphatic carbocycles. The van der Waals surface area contributed by atoms with Crippen molar-refractivity contribution >= 4 is 17.2 Å². The van der Waals surface area contributed by atoms with Gasteiger partial charge in [0.25, 0.3) is 5.91 Å². The van der Waals surface area contributed by atoms with Crippen LogP contribution in [0.1, 0.15) is 34.0 Å². The number of aryl methyl sites for hydroxylation is 1. The van der Waals surface area contributed by atoms with Gasteiger partial charge in [0, 0.05) is 30.1 Å². The van der Waals surface area contributed by atoms with Crippen LogP contribution < -0.4 is 11.1 Å². The van der Waals surface area contributed by atoms with Gasteiger partial charge in [-0.3, -0.25) is 9.48 Å². The third-order valence-electron chi connectivity index (χ3n) is 2.76. The molecule has 0 aliphatic rings. The van der Waals surface area contributed by atoms with Crippen molar-refractivity contribution in [1.29, 1.82) is 0 Å². The molecule has 0 radical (unpaired) electrons. The van der Waals surface area contributed by atoms with E-state index in [1.807, 2.05) is 19.2 Å². The Balaban J connectivity index is 1.88. The molecule has 0 saturated carbocycles. The van der Waals surface area contributed by atoms with Gasteiger partial charge in [0.1, 0.15) is 0 Å². The summed E-state index contributed by atoms with van der Waals surface area (Å²) < 4.78 is 1.56. The van der Waals surface area contributed by atoms with E-state index in [-0.39, 0.29) is 11.8 Å². The second kappa shape index (κ2) is 6.58. The SMILES string of the molecule is Cc1csc(C(C)CNC(=O)c2cn(CCN)nn2)n1. The van der Waals surface area contributed by atoms with E-state index in [4.69, 9.17) is 5.73 Å². The number of nitrogens with one attached hydrogen (secondary N) is 1. The van der Waals surface area contributed by atoms with E-state index in [0.717, 1.165) is 10.7 Å². The van der Waals surface area contributed by atoms with Gasteiger partial charge in [0.2, 0.25) is 0 Å². The summed E-state index contributed by atoms with van der Waals surface area (Å²) >= 11 is 1.61. The summed E-state index contributed by atoms with van der Waals surface area (Å²) in [5.74, 6) is -0.0508. The van der Waals surface area contributed by atoms with Crippen LogP contribution >= 0.6 is 11.3 Å². The number of amides is 1. The first-order chi connectivity index (χ1) is 9.60. The summed E-state index contributed by atoms with van der Waals surface area (Å²) in [5, 5.41) is 13.5. The fourth-order valence-electron chi connectivity index (χ4n) is 1.67. The molecule has 20 heavy (non-hydrogen) atoms. The lowest BCUT2D eigenvalue weighted by molar-refractivity contribution is 0.0946. The predicted octanol–water partition coefficient (Wildman–Crippen LogP) is 0.535. The average Bonchev–Trinajstić information content (AvgIpc) is 3.05. The molecule has 2 aromatic rings. The Hall–Kier alpha value is -1.80. The van der Waals surface area contributed by atoms with Gasteiger partial charge in [-0.15, -0.1) is 16.4 Å².